The van der Waals surface area contributed by atoms with E-state index in [0.717, 1.165) is 15.6 Å². The van der Waals surface area contributed by atoms with Crippen molar-refractivity contribution in [1.29, 1.82) is 0 Å². The number of halogens is 1. The summed E-state index contributed by atoms with van der Waals surface area (Å²) in [7, 11) is 1.34. The highest BCUT2D eigenvalue weighted by molar-refractivity contribution is 9.10. The smallest absolute Gasteiger partial charge is 0.337 e. The second kappa shape index (κ2) is 7.70. The quantitative estimate of drug-likeness (QED) is 0.774. The summed E-state index contributed by atoms with van der Waals surface area (Å²) >= 11 is 3.39. The lowest BCUT2D eigenvalue weighted by atomic mass is 9.95. The van der Waals surface area contributed by atoms with Gasteiger partial charge in [-0.25, -0.2) is 9.59 Å². The van der Waals surface area contributed by atoms with E-state index < -0.39 is 12.0 Å². The number of aromatic nitrogens is 1. The molecule has 2 amide bonds. The number of urea groups is 1. The van der Waals surface area contributed by atoms with Gasteiger partial charge in [0.05, 0.1) is 25.3 Å². The van der Waals surface area contributed by atoms with Crippen molar-refractivity contribution in [3.05, 3.63) is 75.7 Å². The Bertz CT molecular complexity index is 850. The van der Waals surface area contributed by atoms with E-state index in [0.29, 0.717) is 17.8 Å². The third kappa shape index (κ3) is 3.62. The highest BCUT2D eigenvalue weighted by atomic mass is 79.9. The van der Waals surface area contributed by atoms with E-state index in [-0.39, 0.29) is 6.03 Å². The van der Waals surface area contributed by atoms with E-state index in [1.165, 1.54) is 12.0 Å². The molecule has 0 fully saturated rings. The SMILES string of the molecule is COC(=O)C1=C(C)N(Cc2cccnc2)C(=O)N[C@@H]1c1ccc(Br)cc1. The zero-order valence-electron chi connectivity index (χ0n) is 14.4. The number of allylic oxidation sites excluding steroid dienone is 1. The molecule has 0 aliphatic carbocycles. The van der Waals surface area contributed by atoms with Gasteiger partial charge in [-0.1, -0.05) is 34.1 Å². The second-order valence-corrected chi connectivity index (χ2v) is 6.79. The number of carbonyl (C=O) groups is 2. The molecule has 134 valence electrons. The van der Waals surface area contributed by atoms with Gasteiger partial charge in [-0.15, -0.1) is 0 Å². The number of amides is 2. The average Bonchev–Trinajstić information content (AvgIpc) is 2.65. The summed E-state index contributed by atoms with van der Waals surface area (Å²) < 4.78 is 5.89. The molecule has 26 heavy (non-hydrogen) atoms. The fourth-order valence-corrected chi connectivity index (χ4v) is 3.19. The van der Waals surface area contributed by atoms with E-state index in [4.69, 9.17) is 4.74 Å². The summed E-state index contributed by atoms with van der Waals surface area (Å²) in [4.78, 5) is 30.8. The van der Waals surface area contributed by atoms with Crippen molar-refractivity contribution in [3.8, 4) is 0 Å². The van der Waals surface area contributed by atoms with Gasteiger partial charge < -0.3 is 10.1 Å². The summed E-state index contributed by atoms with van der Waals surface area (Å²) in [6.45, 7) is 2.08. The van der Waals surface area contributed by atoms with Crippen LogP contribution >= 0.6 is 15.9 Å². The van der Waals surface area contributed by atoms with Crippen LogP contribution in [0.3, 0.4) is 0 Å². The number of benzene rings is 1. The van der Waals surface area contributed by atoms with Gasteiger partial charge in [-0.05, 0) is 36.2 Å². The molecule has 2 aromatic rings. The lowest BCUT2D eigenvalue weighted by Crippen LogP contribution is -2.47. The molecule has 1 N–H and O–H groups in total. The zero-order valence-corrected chi connectivity index (χ0v) is 16.0. The van der Waals surface area contributed by atoms with Gasteiger partial charge >= 0.3 is 12.0 Å². The monoisotopic (exact) mass is 415 g/mol. The Morgan fingerprint density at radius 2 is 2.04 bits per heavy atom. The molecular weight excluding hydrogens is 398 g/mol. The second-order valence-electron chi connectivity index (χ2n) is 5.87. The molecule has 0 saturated carbocycles. The van der Waals surface area contributed by atoms with Crippen LogP contribution in [0.1, 0.15) is 24.1 Å². The van der Waals surface area contributed by atoms with Gasteiger partial charge in [-0.2, -0.15) is 0 Å². The molecule has 1 aromatic heterocycles. The predicted molar refractivity (Wildman–Crippen MR) is 99.9 cm³/mol. The Kier molecular flexibility index (Phi) is 5.37. The van der Waals surface area contributed by atoms with Crippen LogP contribution in [-0.2, 0) is 16.1 Å². The molecule has 1 aromatic carbocycles. The number of hydrogen-bond donors (Lipinski definition) is 1. The van der Waals surface area contributed by atoms with Gasteiger partial charge in [0.15, 0.2) is 0 Å². The lowest BCUT2D eigenvalue weighted by Gasteiger charge is -2.35. The standard InChI is InChI=1S/C19H18BrN3O3/c1-12-16(18(24)26-2)17(14-5-7-15(20)8-6-14)22-19(25)23(12)11-13-4-3-9-21-10-13/h3-10,17H,11H2,1-2H3,(H,22,25)/t17-/m1/s1. The predicted octanol–water partition coefficient (Wildman–Crippen LogP) is 3.56. The summed E-state index contributed by atoms with van der Waals surface area (Å²) in [5, 5.41) is 2.91. The highest BCUT2D eigenvalue weighted by Crippen LogP contribution is 2.32. The Morgan fingerprint density at radius 3 is 2.65 bits per heavy atom. The molecule has 7 heteroatoms. The van der Waals surface area contributed by atoms with Crippen LogP contribution < -0.4 is 5.32 Å². The Balaban J connectivity index is 2.02. The lowest BCUT2D eigenvalue weighted by molar-refractivity contribution is -0.136. The first-order valence-corrected chi connectivity index (χ1v) is 8.82. The fraction of sp³-hybridized carbons (Fsp3) is 0.211. The summed E-state index contributed by atoms with van der Waals surface area (Å²) in [6.07, 6.45) is 3.37. The number of carbonyl (C=O) groups excluding carboxylic acids is 2. The van der Waals surface area contributed by atoms with Crippen LogP contribution in [0.25, 0.3) is 0 Å². The topological polar surface area (TPSA) is 71.5 Å². The van der Waals surface area contributed by atoms with Crippen LogP contribution in [0.2, 0.25) is 0 Å². The maximum absolute atomic E-state index is 12.7. The van der Waals surface area contributed by atoms with Crippen molar-refractivity contribution in [2.45, 2.75) is 19.5 Å². The van der Waals surface area contributed by atoms with Gasteiger partial charge in [0.25, 0.3) is 0 Å². The number of methoxy groups -OCH3 is 1. The Labute approximate surface area is 160 Å². The summed E-state index contributed by atoms with van der Waals surface area (Å²) in [5.74, 6) is -0.466. The molecule has 0 bridgehead atoms. The largest absolute Gasteiger partial charge is 0.466 e. The summed E-state index contributed by atoms with van der Waals surface area (Å²) in [6, 6.07) is 10.3. The van der Waals surface area contributed by atoms with E-state index in [1.807, 2.05) is 36.4 Å². The normalized spacial score (nSPS) is 17.1. The van der Waals surface area contributed by atoms with E-state index in [2.05, 4.69) is 26.2 Å². The van der Waals surface area contributed by atoms with Crippen molar-refractivity contribution >= 4 is 27.9 Å². The molecule has 1 atom stereocenters. The van der Waals surface area contributed by atoms with Gasteiger partial charge in [0.1, 0.15) is 0 Å². The molecular formula is C19H18BrN3O3. The van der Waals surface area contributed by atoms with Crippen molar-refractivity contribution in [3.63, 3.8) is 0 Å². The minimum atomic E-state index is -0.562. The molecule has 6 nitrogen and oxygen atoms in total. The number of pyridine rings is 1. The fourth-order valence-electron chi connectivity index (χ4n) is 2.93. The first kappa shape index (κ1) is 18.1. The highest BCUT2D eigenvalue weighted by Gasteiger charge is 2.36. The summed E-state index contributed by atoms with van der Waals surface area (Å²) in [5.41, 5.74) is 2.66. The third-order valence-electron chi connectivity index (χ3n) is 4.27. The number of ether oxygens (including phenoxy) is 1. The molecule has 1 aliphatic heterocycles. The van der Waals surface area contributed by atoms with E-state index in [9.17, 15) is 9.59 Å². The number of rotatable bonds is 4. The van der Waals surface area contributed by atoms with Crippen molar-refractivity contribution in [1.82, 2.24) is 15.2 Å². The van der Waals surface area contributed by atoms with Gasteiger partial charge in [0, 0.05) is 22.6 Å². The zero-order chi connectivity index (χ0) is 18.7. The van der Waals surface area contributed by atoms with Gasteiger partial charge in [-0.3, -0.25) is 9.88 Å². The number of nitrogens with one attached hydrogen (secondary N) is 1. The molecule has 0 unspecified atom stereocenters. The molecule has 2 heterocycles. The minimum absolute atomic E-state index is 0.271. The van der Waals surface area contributed by atoms with Crippen LogP contribution in [-0.4, -0.2) is 29.0 Å². The average molecular weight is 416 g/mol. The first-order valence-electron chi connectivity index (χ1n) is 8.02. The van der Waals surface area contributed by atoms with Crippen LogP contribution in [0.5, 0.6) is 0 Å². The molecule has 0 radical (unpaired) electrons. The van der Waals surface area contributed by atoms with Crippen molar-refractivity contribution in [2.24, 2.45) is 0 Å². The van der Waals surface area contributed by atoms with E-state index in [1.54, 1.807) is 19.3 Å². The minimum Gasteiger partial charge on any atom is -0.466 e. The van der Waals surface area contributed by atoms with Crippen molar-refractivity contribution in [2.75, 3.05) is 7.11 Å². The molecule has 1 aliphatic rings. The number of hydrogen-bond acceptors (Lipinski definition) is 4. The van der Waals surface area contributed by atoms with Crippen LogP contribution in [0.15, 0.2) is 64.5 Å². The van der Waals surface area contributed by atoms with Gasteiger partial charge in [0.2, 0.25) is 0 Å². The number of esters is 1. The van der Waals surface area contributed by atoms with Crippen molar-refractivity contribution < 1.29 is 14.3 Å². The van der Waals surface area contributed by atoms with Crippen LogP contribution in [0, 0.1) is 0 Å². The number of nitrogens with zero attached hydrogens (tertiary/aromatic N) is 2. The maximum Gasteiger partial charge on any atom is 0.337 e. The molecule has 0 spiro atoms. The van der Waals surface area contributed by atoms with Crippen LogP contribution in [0.4, 0.5) is 4.79 Å². The third-order valence-corrected chi connectivity index (χ3v) is 4.80. The Hall–Kier alpha value is -2.67. The Morgan fingerprint density at radius 1 is 1.31 bits per heavy atom. The molecule has 3 rings (SSSR count). The maximum atomic E-state index is 12.7. The van der Waals surface area contributed by atoms with E-state index >= 15 is 0 Å². The first-order chi connectivity index (χ1) is 12.5. The molecule has 0 saturated heterocycles.